The number of oxazole rings is 1. The number of aryl methyl sites for hydroxylation is 1. The summed E-state index contributed by atoms with van der Waals surface area (Å²) < 4.78 is 6.36. The molecule has 0 spiro atoms. The third kappa shape index (κ3) is 1.50. The number of carboxylic acids is 1. The monoisotopic (exact) mass is 221 g/mol. The Bertz CT molecular complexity index is 608. The summed E-state index contributed by atoms with van der Waals surface area (Å²) in [6.45, 7) is 1.59. The summed E-state index contributed by atoms with van der Waals surface area (Å²) in [6, 6.07) is 4.97. The molecule has 0 bridgehead atoms. The molecule has 0 fully saturated rings. The van der Waals surface area contributed by atoms with Crippen molar-refractivity contribution in [3.8, 4) is 0 Å². The maximum atomic E-state index is 11.2. The fourth-order valence-corrected chi connectivity index (χ4v) is 1.56. The van der Waals surface area contributed by atoms with Crippen molar-refractivity contribution in [2.75, 3.05) is 0 Å². The number of aliphatic carboxylic acids is 1. The fourth-order valence-electron chi connectivity index (χ4n) is 1.56. The van der Waals surface area contributed by atoms with Crippen LogP contribution in [0.5, 0.6) is 0 Å². The molecule has 0 aliphatic carbocycles. The number of hydrogen-bond acceptors (Lipinski definition) is 3. The third-order valence-electron chi connectivity index (χ3n) is 2.69. The van der Waals surface area contributed by atoms with E-state index < -0.39 is 17.6 Å². The van der Waals surface area contributed by atoms with Crippen molar-refractivity contribution >= 4 is 17.1 Å². The van der Waals surface area contributed by atoms with Gasteiger partial charge in [-0.3, -0.25) is 9.36 Å². The lowest BCUT2D eigenvalue weighted by Crippen LogP contribution is -2.08. The van der Waals surface area contributed by atoms with Gasteiger partial charge in [0.15, 0.2) is 5.58 Å². The van der Waals surface area contributed by atoms with Crippen LogP contribution in [-0.4, -0.2) is 15.6 Å². The van der Waals surface area contributed by atoms with Crippen molar-refractivity contribution in [3.05, 3.63) is 34.3 Å². The largest absolute Gasteiger partial charge is 0.481 e. The highest BCUT2D eigenvalue weighted by Crippen LogP contribution is 2.20. The second-order valence-electron chi connectivity index (χ2n) is 3.71. The van der Waals surface area contributed by atoms with E-state index in [1.54, 1.807) is 32.2 Å². The SMILES string of the molecule is CC(C(=O)O)c1ccc2c(c1)oc(=O)n2C. The highest BCUT2D eigenvalue weighted by molar-refractivity contribution is 5.79. The van der Waals surface area contributed by atoms with Gasteiger partial charge in [0.05, 0.1) is 11.4 Å². The average Bonchev–Trinajstić information content (AvgIpc) is 2.53. The van der Waals surface area contributed by atoms with E-state index in [1.807, 2.05) is 0 Å². The lowest BCUT2D eigenvalue weighted by molar-refractivity contribution is -0.138. The first-order valence-corrected chi connectivity index (χ1v) is 4.83. The van der Waals surface area contributed by atoms with Crippen molar-refractivity contribution in [1.82, 2.24) is 4.57 Å². The van der Waals surface area contributed by atoms with Crippen LogP contribution >= 0.6 is 0 Å². The molecule has 0 aliphatic heterocycles. The number of rotatable bonds is 2. The van der Waals surface area contributed by atoms with Crippen LogP contribution in [0.3, 0.4) is 0 Å². The normalized spacial score (nSPS) is 12.9. The van der Waals surface area contributed by atoms with Crippen molar-refractivity contribution in [2.45, 2.75) is 12.8 Å². The highest BCUT2D eigenvalue weighted by atomic mass is 16.4. The van der Waals surface area contributed by atoms with Gasteiger partial charge in [-0.25, -0.2) is 4.79 Å². The predicted molar refractivity (Wildman–Crippen MR) is 57.5 cm³/mol. The number of aromatic nitrogens is 1. The second-order valence-corrected chi connectivity index (χ2v) is 3.71. The molecule has 0 aliphatic rings. The molecule has 2 aromatic rings. The summed E-state index contributed by atoms with van der Waals surface area (Å²) in [7, 11) is 1.61. The van der Waals surface area contributed by atoms with Gasteiger partial charge in [-0.2, -0.15) is 0 Å². The van der Waals surface area contributed by atoms with Gasteiger partial charge in [0, 0.05) is 7.05 Å². The van der Waals surface area contributed by atoms with Crippen LogP contribution in [0.15, 0.2) is 27.4 Å². The number of hydrogen-bond donors (Lipinski definition) is 1. The number of carboxylic acid groups (broad SMARTS) is 1. The maximum Gasteiger partial charge on any atom is 0.419 e. The van der Waals surface area contributed by atoms with E-state index in [4.69, 9.17) is 9.52 Å². The van der Waals surface area contributed by atoms with Gasteiger partial charge in [0.2, 0.25) is 0 Å². The third-order valence-corrected chi connectivity index (χ3v) is 2.69. The van der Waals surface area contributed by atoms with Crippen molar-refractivity contribution in [2.24, 2.45) is 7.05 Å². The number of fused-ring (bicyclic) bond motifs is 1. The summed E-state index contributed by atoms with van der Waals surface area (Å²) in [4.78, 5) is 22.0. The Morgan fingerprint density at radius 2 is 2.19 bits per heavy atom. The fraction of sp³-hybridized carbons (Fsp3) is 0.273. The van der Waals surface area contributed by atoms with Crippen LogP contribution in [0.4, 0.5) is 0 Å². The van der Waals surface area contributed by atoms with Crippen LogP contribution in [0.2, 0.25) is 0 Å². The minimum atomic E-state index is -0.905. The summed E-state index contributed by atoms with van der Waals surface area (Å²) >= 11 is 0. The van der Waals surface area contributed by atoms with Gasteiger partial charge in [0.1, 0.15) is 0 Å². The van der Waals surface area contributed by atoms with E-state index in [9.17, 15) is 9.59 Å². The molecular weight excluding hydrogens is 210 g/mol. The molecule has 1 aromatic heterocycles. The van der Waals surface area contributed by atoms with Gasteiger partial charge in [-0.1, -0.05) is 6.07 Å². The number of benzene rings is 1. The minimum absolute atomic E-state index is 0.415. The van der Waals surface area contributed by atoms with E-state index in [0.29, 0.717) is 16.7 Å². The molecule has 2 rings (SSSR count). The molecular formula is C11H11NO4. The molecule has 0 amide bonds. The zero-order valence-corrected chi connectivity index (χ0v) is 8.93. The maximum absolute atomic E-state index is 11.2. The highest BCUT2D eigenvalue weighted by Gasteiger charge is 2.15. The number of nitrogens with zero attached hydrogens (tertiary/aromatic N) is 1. The van der Waals surface area contributed by atoms with Crippen molar-refractivity contribution in [1.29, 1.82) is 0 Å². The molecule has 5 nitrogen and oxygen atoms in total. The van der Waals surface area contributed by atoms with Crippen LogP contribution in [-0.2, 0) is 11.8 Å². The molecule has 0 radical (unpaired) electrons. The summed E-state index contributed by atoms with van der Waals surface area (Å²) in [5.74, 6) is -1.97. The summed E-state index contributed by atoms with van der Waals surface area (Å²) in [6.07, 6.45) is 0. The molecule has 0 saturated carbocycles. The zero-order valence-electron chi connectivity index (χ0n) is 8.93. The Balaban J connectivity index is 2.61. The second kappa shape index (κ2) is 3.52. The van der Waals surface area contributed by atoms with Crippen LogP contribution in [0.25, 0.3) is 11.1 Å². The molecule has 1 unspecified atom stereocenters. The molecule has 0 saturated heterocycles. The smallest absolute Gasteiger partial charge is 0.419 e. The Morgan fingerprint density at radius 3 is 2.81 bits per heavy atom. The molecule has 5 heteroatoms. The van der Waals surface area contributed by atoms with Crippen molar-refractivity contribution in [3.63, 3.8) is 0 Å². The molecule has 84 valence electrons. The first kappa shape index (κ1) is 10.5. The van der Waals surface area contributed by atoms with E-state index in [1.165, 1.54) is 4.57 Å². The van der Waals surface area contributed by atoms with E-state index in [-0.39, 0.29) is 0 Å². The van der Waals surface area contributed by atoms with Gasteiger partial charge in [0.25, 0.3) is 0 Å². The standard InChI is InChI=1S/C11H11NO4/c1-6(10(13)14)7-3-4-8-9(5-7)16-11(15)12(8)2/h3-6H,1-2H3,(H,13,14). The van der Waals surface area contributed by atoms with Crippen LogP contribution in [0.1, 0.15) is 18.4 Å². The molecule has 1 heterocycles. The first-order chi connectivity index (χ1) is 7.50. The molecule has 1 aromatic carbocycles. The zero-order chi connectivity index (χ0) is 11.9. The molecule has 1 N–H and O–H groups in total. The molecule has 16 heavy (non-hydrogen) atoms. The lowest BCUT2D eigenvalue weighted by Gasteiger charge is -2.05. The van der Waals surface area contributed by atoms with E-state index in [0.717, 1.165) is 0 Å². The minimum Gasteiger partial charge on any atom is -0.481 e. The van der Waals surface area contributed by atoms with Crippen LogP contribution in [0, 0.1) is 0 Å². The topological polar surface area (TPSA) is 72.4 Å². The van der Waals surface area contributed by atoms with E-state index >= 15 is 0 Å². The lowest BCUT2D eigenvalue weighted by atomic mass is 10.0. The van der Waals surface area contributed by atoms with Crippen LogP contribution < -0.4 is 5.76 Å². The summed E-state index contributed by atoms with van der Waals surface area (Å²) in [5, 5.41) is 8.87. The molecule has 1 atom stereocenters. The Kier molecular flexibility index (Phi) is 2.30. The van der Waals surface area contributed by atoms with Gasteiger partial charge >= 0.3 is 11.7 Å². The Hall–Kier alpha value is -2.04. The van der Waals surface area contributed by atoms with Gasteiger partial charge in [-0.15, -0.1) is 0 Å². The Labute approximate surface area is 90.9 Å². The predicted octanol–water partition coefficient (Wildman–Crippen LogP) is 1.32. The Morgan fingerprint density at radius 1 is 1.50 bits per heavy atom. The van der Waals surface area contributed by atoms with Gasteiger partial charge < -0.3 is 9.52 Å². The summed E-state index contributed by atoms with van der Waals surface area (Å²) in [5.41, 5.74) is 1.69. The van der Waals surface area contributed by atoms with E-state index in [2.05, 4.69) is 0 Å². The van der Waals surface area contributed by atoms with Crippen molar-refractivity contribution < 1.29 is 14.3 Å². The average molecular weight is 221 g/mol. The van der Waals surface area contributed by atoms with Gasteiger partial charge in [-0.05, 0) is 24.6 Å². The number of carbonyl (C=O) groups is 1. The first-order valence-electron chi connectivity index (χ1n) is 4.83. The quantitative estimate of drug-likeness (QED) is 0.830.